The minimum absolute atomic E-state index is 0.0311. The molecule has 2 N–H and O–H groups in total. The highest BCUT2D eigenvalue weighted by atomic mass is 32.1. The molecule has 3 aromatic rings. The number of aromatic nitrogens is 1. The summed E-state index contributed by atoms with van der Waals surface area (Å²) in [5.41, 5.74) is 4.21. The van der Waals surface area contributed by atoms with Gasteiger partial charge in [-0.3, -0.25) is 4.79 Å². The summed E-state index contributed by atoms with van der Waals surface area (Å²) in [6.45, 7) is 3.23. The van der Waals surface area contributed by atoms with Crippen LogP contribution in [0.2, 0.25) is 0 Å². The van der Waals surface area contributed by atoms with Gasteiger partial charge in [0, 0.05) is 22.7 Å². The molecule has 0 aliphatic heterocycles. The van der Waals surface area contributed by atoms with Crippen molar-refractivity contribution >= 4 is 22.9 Å². The second-order valence-corrected chi connectivity index (χ2v) is 7.64. The molecule has 3 rings (SSSR count). The van der Waals surface area contributed by atoms with E-state index in [-0.39, 0.29) is 5.91 Å². The number of thiazole rings is 1. The van der Waals surface area contributed by atoms with E-state index in [1.54, 1.807) is 18.4 Å². The number of hydrogen-bond donors (Lipinski definition) is 2. The second kappa shape index (κ2) is 9.48. The minimum atomic E-state index is -0.0311. The van der Waals surface area contributed by atoms with E-state index in [0.717, 1.165) is 39.0 Å². The van der Waals surface area contributed by atoms with Crippen molar-refractivity contribution in [1.82, 2.24) is 4.98 Å². The third-order valence-corrected chi connectivity index (χ3v) is 5.40. The lowest BCUT2D eigenvalue weighted by molar-refractivity contribution is -0.885. The standard InChI is InChI=1S/C22H25N3O2S/c1-4-16-8-10-17(11-9-16)22-24-19(15-28-22)13-25(2)14-21(26)23-18-6-5-7-20(12-18)27-3/h5-12,15H,4,13-14H2,1-3H3,(H,23,26)/p+1. The monoisotopic (exact) mass is 396 g/mol. The number of rotatable bonds is 8. The summed E-state index contributed by atoms with van der Waals surface area (Å²) in [6.07, 6.45) is 1.04. The molecule has 1 heterocycles. The van der Waals surface area contributed by atoms with E-state index < -0.39 is 0 Å². The molecule has 1 aromatic heterocycles. The average molecular weight is 397 g/mol. The number of quaternary nitrogens is 1. The highest BCUT2D eigenvalue weighted by Gasteiger charge is 2.14. The molecule has 5 nitrogen and oxygen atoms in total. The molecule has 1 amide bonds. The van der Waals surface area contributed by atoms with Crippen LogP contribution in [0.25, 0.3) is 10.6 Å². The molecule has 0 spiro atoms. The fourth-order valence-electron chi connectivity index (χ4n) is 2.96. The van der Waals surface area contributed by atoms with Crippen molar-refractivity contribution in [3.63, 3.8) is 0 Å². The Hall–Kier alpha value is -2.70. The van der Waals surface area contributed by atoms with Crippen LogP contribution in [0.5, 0.6) is 5.75 Å². The Kier molecular flexibility index (Phi) is 6.79. The van der Waals surface area contributed by atoms with Crippen LogP contribution >= 0.6 is 11.3 Å². The van der Waals surface area contributed by atoms with Gasteiger partial charge in [0.15, 0.2) is 6.54 Å². The van der Waals surface area contributed by atoms with Gasteiger partial charge in [0.2, 0.25) is 0 Å². The number of methoxy groups -OCH3 is 1. The number of carbonyl (C=O) groups is 1. The molecule has 0 aliphatic carbocycles. The third kappa shape index (κ3) is 5.41. The van der Waals surface area contributed by atoms with Crippen LogP contribution in [0.3, 0.4) is 0 Å². The normalized spacial score (nSPS) is 11.8. The van der Waals surface area contributed by atoms with Gasteiger partial charge in [-0.1, -0.05) is 37.3 Å². The maximum absolute atomic E-state index is 12.3. The molecule has 28 heavy (non-hydrogen) atoms. The lowest BCUT2D eigenvalue weighted by Gasteiger charge is -2.13. The lowest BCUT2D eigenvalue weighted by Crippen LogP contribution is -3.08. The fraction of sp³-hybridized carbons (Fsp3) is 0.273. The van der Waals surface area contributed by atoms with Gasteiger partial charge in [-0.15, -0.1) is 11.3 Å². The zero-order valence-electron chi connectivity index (χ0n) is 16.5. The first-order chi connectivity index (χ1) is 13.6. The highest BCUT2D eigenvalue weighted by Crippen LogP contribution is 2.24. The van der Waals surface area contributed by atoms with Crippen molar-refractivity contribution in [2.24, 2.45) is 0 Å². The first-order valence-corrected chi connectivity index (χ1v) is 10.2. The first-order valence-electron chi connectivity index (χ1n) is 9.36. The smallest absolute Gasteiger partial charge is 0.279 e. The van der Waals surface area contributed by atoms with Crippen molar-refractivity contribution in [2.75, 3.05) is 26.0 Å². The Balaban J connectivity index is 1.55. The number of nitrogens with zero attached hydrogens (tertiary/aromatic N) is 1. The van der Waals surface area contributed by atoms with E-state index >= 15 is 0 Å². The van der Waals surface area contributed by atoms with E-state index in [1.807, 2.05) is 31.3 Å². The van der Waals surface area contributed by atoms with Crippen LogP contribution in [0, 0.1) is 0 Å². The maximum atomic E-state index is 12.3. The summed E-state index contributed by atoms with van der Waals surface area (Å²) in [5, 5.41) is 6.01. The number of benzene rings is 2. The van der Waals surface area contributed by atoms with Gasteiger partial charge in [0.05, 0.1) is 14.2 Å². The minimum Gasteiger partial charge on any atom is -0.497 e. The van der Waals surface area contributed by atoms with Crippen molar-refractivity contribution < 1.29 is 14.4 Å². The first kappa shape index (κ1) is 20.0. The Morgan fingerprint density at radius 2 is 2.00 bits per heavy atom. The molecule has 0 bridgehead atoms. The predicted octanol–water partition coefficient (Wildman–Crippen LogP) is 3.03. The zero-order chi connectivity index (χ0) is 19.9. The van der Waals surface area contributed by atoms with Crippen molar-refractivity contribution in [3.05, 3.63) is 65.2 Å². The number of ether oxygens (including phenoxy) is 1. The maximum Gasteiger partial charge on any atom is 0.279 e. The fourth-order valence-corrected chi connectivity index (χ4v) is 3.78. The number of carbonyl (C=O) groups excluding carboxylic acids is 1. The van der Waals surface area contributed by atoms with Crippen LogP contribution in [-0.4, -0.2) is 31.6 Å². The molecule has 0 radical (unpaired) electrons. The molecule has 0 saturated carbocycles. The Labute approximate surface area is 170 Å². The van der Waals surface area contributed by atoms with Crippen molar-refractivity contribution in [1.29, 1.82) is 0 Å². The number of amides is 1. The Bertz CT molecular complexity index is 922. The molecular weight excluding hydrogens is 370 g/mol. The molecule has 6 heteroatoms. The van der Waals surface area contributed by atoms with Crippen LogP contribution in [0.15, 0.2) is 53.9 Å². The van der Waals surface area contributed by atoms with E-state index in [0.29, 0.717) is 13.1 Å². The second-order valence-electron chi connectivity index (χ2n) is 6.79. The van der Waals surface area contributed by atoms with Crippen molar-refractivity contribution in [3.8, 4) is 16.3 Å². The van der Waals surface area contributed by atoms with Gasteiger partial charge < -0.3 is 15.0 Å². The van der Waals surface area contributed by atoms with E-state index in [4.69, 9.17) is 9.72 Å². The molecule has 1 unspecified atom stereocenters. The van der Waals surface area contributed by atoms with E-state index in [9.17, 15) is 4.79 Å². The van der Waals surface area contributed by atoms with Gasteiger partial charge in [0.1, 0.15) is 23.0 Å². The van der Waals surface area contributed by atoms with Gasteiger partial charge in [-0.2, -0.15) is 0 Å². The molecule has 0 aliphatic rings. The number of anilines is 1. The lowest BCUT2D eigenvalue weighted by atomic mass is 10.1. The van der Waals surface area contributed by atoms with Crippen molar-refractivity contribution in [2.45, 2.75) is 19.9 Å². The molecule has 0 fully saturated rings. The van der Waals surface area contributed by atoms with Crippen LogP contribution in [0.4, 0.5) is 5.69 Å². The summed E-state index contributed by atoms with van der Waals surface area (Å²) in [7, 11) is 3.61. The summed E-state index contributed by atoms with van der Waals surface area (Å²) in [5.74, 6) is 0.692. The summed E-state index contributed by atoms with van der Waals surface area (Å²) >= 11 is 1.64. The number of aryl methyl sites for hydroxylation is 1. The molecular formula is C22H26N3O2S+. The predicted molar refractivity (Wildman–Crippen MR) is 114 cm³/mol. The van der Waals surface area contributed by atoms with Crippen LogP contribution < -0.4 is 15.0 Å². The number of nitrogens with one attached hydrogen (secondary N) is 2. The molecule has 2 aromatic carbocycles. The number of hydrogen-bond acceptors (Lipinski definition) is 4. The number of likely N-dealkylation sites (N-methyl/N-ethyl adjacent to an activating group) is 1. The van der Waals surface area contributed by atoms with Gasteiger partial charge >= 0.3 is 0 Å². The quantitative estimate of drug-likeness (QED) is 0.615. The van der Waals surface area contributed by atoms with Crippen LogP contribution in [0.1, 0.15) is 18.2 Å². The highest BCUT2D eigenvalue weighted by molar-refractivity contribution is 7.13. The summed E-state index contributed by atoms with van der Waals surface area (Å²) < 4.78 is 5.18. The topological polar surface area (TPSA) is 55.7 Å². The molecule has 0 saturated heterocycles. The van der Waals surface area contributed by atoms with Gasteiger partial charge in [-0.25, -0.2) is 4.98 Å². The summed E-state index contributed by atoms with van der Waals surface area (Å²) in [4.78, 5) is 18.1. The Morgan fingerprint density at radius 1 is 1.21 bits per heavy atom. The van der Waals surface area contributed by atoms with E-state index in [2.05, 4.69) is 41.9 Å². The summed E-state index contributed by atoms with van der Waals surface area (Å²) in [6, 6.07) is 15.9. The molecule has 146 valence electrons. The third-order valence-electron chi connectivity index (χ3n) is 4.46. The largest absolute Gasteiger partial charge is 0.497 e. The van der Waals surface area contributed by atoms with Crippen LogP contribution in [-0.2, 0) is 17.8 Å². The van der Waals surface area contributed by atoms with Gasteiger partial charge in [0.25, 0.3) is 5.91 Å². The Morgan fingerprint density at radius 3 is 2.71 bits per heavy atom. The molecule has 1 atom stereocenters. The SMILES string of the molecule is CCc1ccc(-c2nc(C[NH+](C)CC(=O)Nc3cccc(OC)c3)cs2)cc1. The van der Waals surface area contributed by atoms with Gasteiger partial charge in [-0.05, 0) is 24.1 Å². The van der Waals surface area contributed by atoms with E-state index in [1.165, 1.54) is 5.56 Å². The zero-order valence-corrected chi connectivity index (χ0v) is 17.3. The average Bonchev–Trinajstić information content (AvgIpc) is 3.16.